The molecule has 0 amide bonds. The van der Waals surface area contributed by atoms with Crippen LogP contribution in [0.2, 0.25) is 37.3 Å². The Morgan fingerprint density at radius 1 is 0.800 bits per heavy atom. The van der Waals surface area contributed by atoms with E-state index >= 15 is 0 Å². The highest BCUT2D eigenvalue weighted by Gasteiger charge is 2.38. The molecular weight excluding hydrogens is 199 g/mol. The molecule has 0 aromatic rings. The van der Waals surface area contributed by atoms with Crippen LogP contribution in [0.3, 0.4) is 0 Å². The molecule has 1 saturated heterocycles. The summed E-state index contributed by atoms with van der Waals surface area (Å²) in [6, 6.07) is 5.00. The van der Waals surface area contributed by atoms with Crippen LogP contribution < -0.4 is 0 Å². The minimum atomic E-state index is -1.26. The fourth-order valence-electron chi connectivity index (χ4n) is 1.29. The molecule has 0 saturated carbocycles. The second kappa shape index (κ2) is 2.81. The molecule has 1 fully saturated rings. The van der Waals surface area contributed by atoms with Gasteiger partial charge in [0, 0.05) is 0 Å². The second-order valence-corrected chi connectivity index (χ2v) is 17.0. The molecule has 1 rings (SSSR count). The molecule has 1 heterocycles. The molecule has 0 aromatic carbocycles. The van der Waals surface area contributed by atoms with E-state index in [1.807, 2.05) is 0 Å². The highest BCUT2D eigenvalue weighted by Crippen LogP contribution is 2.39. The van der Waals surface area contributed by atoms with Crippen LogP contribution in [0, 0.1) is 0 Å². The van der Waals surface area contributed by atoms with Crippen LogP contribution in [0.1, 0.15) is 0 Å². The van der Waals surface area contributed by atoms with Gasteiger partial charge >= 0.3 is 0 Å². The molecular formula is C6H14Cl2Si2. The van der Waals surface area contributed by atoms with E-state index in [0.717, 1.165) is 0 Å². The zero-order valence-electron chi connectivity index (χ0n) is 6.58. The molecule has 0 unspecified atom stereocenters. The van der Waals surface area contributed by atoms with Gasteiger partial charge < -0.3 is 0 Å². The van der Waals surface area contributed by atoms with E-state index in [0.29, 0.717) is 0 Å². The van der Waals surface area contributed by atoms with Crippen LogP contribution in [0.15, 0.2) is 0 Å². The molecule has 10 heavy (non-hydrogen) atoms. The minimum absolute atomic E-state index is 1.25. The van der Waals surface area contributed by atoms with Gasteiger partial charge in [0.1, 0.15) is 0 Å². The van der Waals surface area contributed by atoms with Crippen molar-refractivity contribution in [2.75, 3.05) is 0 Å². The summed E-state index contributed by atoms with van der Waals surface area (Å²) in [5.74, 6) is 0. The van der Waals surface area contributed by atoms with Gasteiger partial charge in [0.05, 0.1) is 0 Å². The molecule has 1 aliphatic rings. The Morgan fingerprint density at radius 3 is 1.20 bits per heavy atom. The van der Waals surface area contributed by atoms with Gasteiger partial charge in [-0.3, -0.25) is 0 Å². The largest absolute Gasteiger partial charge is 0.167 e. The summed E-state index contributed by atoms with van der Waals surface area (Å²) in [4.78, 5) is 0. The van der Waals surface area contributed by atoms with Crippen LogP contribution in [0.5, 0.6) is 0 Å². The fourth-order valence-corrected chi connectivity index (χ4v) is 13.5. The third-order valence-electron chi connectivity index (χ3n) is 2.34. The van der Waals surface area contributed by atoms with E-state index in [-0.39, 0.29) is 0 Å². The van der Waals surface area contributed by atoms with Gasteiger partial charge in [-0.05, 0) is 24.2 Å². The van der Waals surface area contributed by atoms with Crippen LogP contribution in [0.4, 0.5) is 0 Å². The van der Waals surface area contributed by atoms with Gasteiger partial charge in [-0.1, -0.05) is 13.1 Å². The van der Waals surface area contributed by atoms with E-state index in [4.69, 9.17) is 22.2 Å². The molecule has 0 spiro atoms. The summed E-state index contributed by atoms with van der Waals surface area (Å²) in [7, 11) is -2.51. The average molecular weight is 213 g/mol. The van der Waals surface area contributed by atoms with Crippen LogP contribution >= 0.6 is 22.2 Å². The fraction of sp³-hybridized carbons (Fsp3) is 1.00. The molecule has 0 atom stereocenters. The SMILES string of the molecule is C[Si]1(Cl)CC[Si](C)(Cl)CC1. The Labute approximate surface area is 74.3 Å². The first-order valence-corrected chi connectivity index (χ1v) is 11.6. The van der Waals surface area contributed by atoms with Gasteiger partial charge in [0.2, 0.25) is 0 Å². The highest BCUT2D eigenvalue weighted by atomic mass is 35.6. The average Bonchev–Trinajstić information content (AvgIpc) is 1.79. The summed E-state index contributed by atoms with van der Waals surface area (Å²) in [5, 5.41) is 0. The first kappa shape index (κ1) is 9.10. The number of hydrogen-bond donors (Lipinski definition) is 0. The van der Waals surface area contributed by atoms with Crippen molar-refractivity contribution >= 4 is 36.9 Å². The lowest BCUT2D eigenvalue weighted by Gasteiger charge is -2.32. The maximum absolute atomic E-state index is 6.30. The van der Waals surface area contributed by atoms with E-state index in [1.165, 1.54) is 24.2 Å². The summed E-state index contributed by atoms with van der Waals surface area (Å²) in [5.41, 5.74) is 0. The first-order chi connectivity index (χ1) is 4.41. The van der Waals surface area contributed by atoms with E-state index in [2.05, 4.69) is 13.1 Å². The van der Waals surface area contributed by atoms with Gasteiger partial charge in [-0.2, -0.15) is 22.2 Å². The minimum Gasteiger partial charge on any atom is -0.167 e. The standard InChI is InChI=1S/C6H14Cl2Si2/c1-9(7)3-5-10(2,8)6-4-9/h3-6H2,1-2H3. The maximum Gasteiger partial charge on any atom is 0.153 e. The van der Waals surface area contributed by atoms with Gasteiger partial charge in [0.15, 0.2) is 14.8 Å². The van der Waals surface area contributed by atoms with Crippen molar-refractivity contribution in [2.45, 2.75) is 37.3 Å². The normalized spacial score (nSPS) is 49.2. The maximum atomic E-state index is 6.30. The highest BCUT2D eigenvalue weighted by molar-refractivity contribution is 7.26. The summed E-state index contributed by atoms with van der Waals surface area (Å²) < 4.78 is 0. The van der Waals surface area contributed by atoms with Gasteiger partial charge in [-0.25, -0.2) is 0 Å². The third kappa shape index (κ3) is 2.57. The van der Waals surface area contributed by atoms with Gasteiger partial charge in [-0.15, -0.1) is 0 Å². The smallest absolute Gasteiger partial charge is 0.153 e. The number of rotatable bonds is 0. The van der Waals surface area contributed by atoms with Gasteiger partial charge in [0.25, 0.3) is 0 Å². The van der Waals surface area contributed by atoms with Crippen LogP contribution in [-0.4, -0.2) is 14.8 Å². The zero-order valence-corrected chi connectivity index (χ0v) is 10.1. The molecule has 1 aliphatic heterocycles. The lowest BCUT2D eigenvalue weighted by molar-refractivity contribution is 1.16. The predicted molar refractivity (Wildman–Crippen MR) is 54.2 cm³/mol. The number of halogens is 2. The summed E-state index contributed by atoms with van der Waals surface area (Å²) in [6.07, 6.45) is 0. The topological polar surface area (TPSA) is 0 Å². The van der Waals surface area contributed by atoms with Crippen molar-refractivity contribution in [3.8, 4) is 0 Å². The lowest BCUT2D eigenvalue weighted by Crippen LogP contribution is -2.36. The zero-order chi connectivity index (χ0) is 7.83. The Balaban J connectivity index is 2.46. The second-order valence-electron chi connectivity index (χ2n) is 3.83. The van der Waals surface area contributed by atoms with E-state index < -0.39 is 14.8 Å². The summed E-state index contributed by atoms with van der Waals surface area (Å²) in [6.45, 7) is 4.52. The monoisotopic (exact) mass is 212 g/mol. The van der Waals surface area contributed by atoms with Crippen molar-refractivity contribution < 1.29 is 0 Å². The quantitative estimate of drug-likeness (QED) is 0.426. The Hall–Kier alpha value is 1.01. The van der Waals surface area contributed by atoms with Crippen LogP contribution in [-0.2, 0) is 0 Å². The van der Waals surface area contributed by atoms with Crippen molar-refractivity contribution in [1.29, 1.82) is 0 Å². The Kier molecular flexibility index (Phi) is 2.56. The predicted octanol–water partition coefficient (Wildman–Crippen LogP) is 3.63. The molecule has 0 N–H and O–H groups in total. The van der Waals surface area contributed by atoms with E-state index in [9.17, 15) is 0 Å². The Morgan fingerprint density at radius 2 is 1.00 bits per heavy atom. The van der Waals surface area contributed by atoms with E-state index in [1.54, 1.807) is 0 Å². The molecule has 0 nitrogen and oxygen atoms in total. The van der Waals surface area contributed by atoms with Crippen molar-refractivity contribution in [3.05, 3.63) is 0 Å². The Bertz CT molecular complexity index is 106. The third-order valence-corrected chi connectivity index (χ3v) is 10.8. The molecule has 0 bridgehead atoms. The molecule has 0 aromatic heterocycles. The van der Waals surface area contributed by atoms with Crippen molar-refractivity contribution in [3.63, 3.8) is 0 Å². The van der Waals surface area contributed by atoms with Crippen molar-refractivity contribution in [2.24, 2.45) is 0 Å². The molecule has 60 valence electrons. The van der Waals surface area contributed by atoms with Crippen molar-refractivity contribution in [1.82, 2.24) is 0 Å². The summed E-state index contributed by atoms with van der Waals surface area (Å²) >= 11 is 12.6. The van der Waals surface area contributed by atoms with Crippen LogP contribution in [0.25, 0.3) is 0 Å². The number of hydrogen-bond acceptors (Lipinski definition) is 0. The lowest BCUT2D eigenvalue weighted by atomic mass is 10.9. The first-order valence-electron chi connectivity index (χ1n) is 3.79. The molecule has 0 radical (unpaired) electrons. The molecule has 0 aliphatic carbocycles. The molecule has 4 heteroatoms.